The van der Waals surface area contributed by atoms with Crippen LogP contribution in [-0.2, 0) is 11.3 Å². The van der Waals surface area contributed by atoms with Crippen molar-refractivity contribution in [2.75, 3.05) is 12.1 Å². The number of amides is 1. The third-order valence-electron chi connectivity index (χ3n) is 3.24. The minimum Gasteiger partial charge on any atom is -0.454 e. The van der Waals surface area contributed by atoms with Gasteiger partial charge in [0.2, 0.25) is 12.7 Å². The van der Waals surface area contributed by atoms with Gasteiger partial charge in [0.05, 0.1) is 9.26 Å². The number of anilines is 1. The Morgan fingerprint density at radius 3 is 2.86 bits per heavy atom. The molecule has 1 aromatic carbocycles. The van der Waals surface area contributed by atoms with Gasteiger partial charge in [0.15, 0.2) is 11.5 Å². The predicted molar refractivity (Wildman–Crippen MR) is 85.6 cm³/mol. The molecule has 3 rings (SSSR count). The first-order valence-corrected chi connectivity index (χ1v) is 7.51. The van der Waals surface area contributed by atoms with E-state index >= 15 is 0 Å². The maximum Gasteiger partial charge on any atom is 0.246 e. The number of aryl methyl sites for hydroxylation is 1. The van der Waals surface area contributed by atoms with E-state index in [-0.39, 0.29) is 19.2 Å². The lowest BCUT2D eigenvalue weighted by molar-refractivity contribution is -0.116. The van der Waals surface area contributed by atoms with Gasteiger partial charge in [-0.05, 0) is 48.6 Å². The molecular weight excluding hydrogens is 385 g/mol. The van der Waals surface area contributed by atoms with Crippen LogP contribution in [0.2, 0.25) is 0 Å². The van der Waals surface area contributed by atoms with Gasteiger partial charge in [0, 0.05) is 17.4 Å². The van der Waals surface area contributed by atoms with E-state index < -0.39 is 0 Å². The summed E-state index contributed by atoms with van der Waals surface area (Å²) < 4.78 is 13.3. The summed E-state index contributed by atoms with van der Waals surface area (Å²) in [6, 6.07) is 5.33. The van der Waals surface area contributed by atoms with Crippen LogP contribution in [-0.4, -0.2) is 22.5 Å². The van der Waals surface area contributed by atoms with E-state index in [2.05, 4.69) is 33.0 Å². The summed E-state index contributed by atoms with van der Waals surface area (Å²) in [5, 5.41) is 7.19. The number of carbonyl (C=O) groups is 1. The van der Waals surface area contributed by atoms with Crippen LogP contribution >= 0.6 is 22.6 Å². The van der Waals surface area contributed by atoms with Crippen LogP contribution in [0, 0.1) is 17.4 Å². The van der Waals surface area contributed by atoms with E-state index in [1.807, 2.05) is 13.8 Å². The Bertz CT molecular complexity index is 712. The minimum atomic E-state index is -0.129. The van der Waals surface area contributed by atoms with Gasteiger partial charge in [-0.15, -0.1) is 0 Å². The van der Waals surface area contributed by atoms with Crippen molar-refractivity contribution in [3.05, 3.63) is 33.2 Å². The number of carbonyl (C=O) groups excluding carboxylic acids is 1. The fourth-order valence-electron chi connectivity index (χ4n) is 2.14. The van der Waals surface area contributed by atoms with E-state index in [4.69, 9.17) is 9.47 Å². The lowest BCUT2D eigenvalue weighted by Crippen LogP contribution is -2.20. The second-order valence-electron chi connectivity index (χ2n) is 4.76. The third kappa shape index (κ3) is 2.82. The van der Waals surface area contributed by atoms with Crippen LogP contribution < -0.4 is 14.8 Å². The van der Waals surface area contributed by atoms with Crippen molar-refractivity contribution >= 4 is 34.2 Å². The van der Waals surface area contributed by atoms with Crippen LogP contribution in [0.3, 0.4) is 0 Å². The van der Waals surface area contributed by atoms with Crippen molar-refractivity contribution in [3.63, 3.8) is 0 Å². The van der Waals surface area contributed by atoms with Crippen molar-refractivity contribution < 1.29 is 14.3 Å². The maximum atomic E-state index is 12.1. The first-order valence-electron chi connectivity index (χ1n) is 6.43. The van der Waals surface area contributed by atoms with Crippen molar-refractivity contribution in [2.45, 2.75) is 20.4 Å². The predicted octanol–water partition coefficient (Wildman–Crippen LogP) is 2.47. The van der Waals surface area contributed by atoms with Crippen molar-refractivity contribution in [2.24, 2.45) is 0 Å². The normalized spacial score (nSPS) is 12.5. The van der Waals surface area contributed by atoms with Crippen LogP contribution in [0.1, 0.15) is 11.4 Å². The molecule has 1 aromatic heterocycles. The number of hydrogen-bond acceptors (Lipinski definition) is 4. The van der Waals surface area contributed by atoms with E-state index in [0.717, 1.165) is 15.0 Å². The molecule has 0 fully saturated rings. The summed E-state index contributed by atoms with van der Waals surface area (Å²) in [5.74, 6) is 1.21. The van der Waals surface area contributed by atoms with Crippen molar-refractivity contribution in [3.8, 4) is 11.5 Å². The second kappa shape index (κ2) is 5.55. The molecule has 21 heavy (non-hydrogen) atoms. The van der Waals surface area contributed by atoms with Crippen LogP contribution in [0.25, 0.3) is 0 Å². The molecule has 0 saturated heterocycles. The Morgan fingerprint density at radius 2 is 2.14 bits per heavy atom. The highest BCUT2D eigenvalue weighted by Gasteiger charge is 2.15. The Hall–Kier alpha value is -1.77. The molecule has 6 nitrogen and oxygen atoms in total. The van der Waals surface area contributed by atoms with Gasteiger partial charge in [-0.25, -0.2) is 0 Å². The molecule has 0 radical (unpaired) electrons. The smallest absolute Gasteiger partial charge is 0.246 e. The second-order valence-corrected chi connectivity index (χ2v) is 5.84. The molecule has 0 aliphatic carbocycles. The minimum absolute atomic E-state index is 0.129. The Morgan fingerprint density at radius 1 is 1.38 bits per heavy atom. The topological polar surface area (TPSA) is 65.4 Å². The summed E-state index contributed by atoms with van der Waals surface area (Å²) >= 11 is 2.23. The number of ether oxygens (including phenoxy) is 2. The SMILES string of the molecule is Cc1nn(CC(=O)Nc2ccc3c(c2)OCO3)c(C)c1I. The van der Waals surface area contributed by atoms with Crippen molar-refractivity contribution in [1.82, 2.24) is 9.78 Å². The third-order valence-corrected chi connectivity index (χ3v) is 4.80. The number of halogens is 1. The quantitative estimate of drug-likeness (QED) is 0.806. The average Bonchev–Trinajstić information content (AvgIpc) is 3.00. The molecule has 0 atom stereocenters. The lowest BCUT2D eigenvalue weighted by Gasteiger charge is -2.07. The zero-order valence-electron chi connectivity index (χ0n) is 11.6. The summed E-state index contributed by atoms with van der Waals surface area (Å²) in [4.78, 5) is 12.1. The van der Waals surface area contributed by atoms with E-state index in [9.17, 15) is 4.79 Å². The van der Waals surface area contributed by atoms with Gasteiger partial charge >= 0.3 is 0 Å². The Labute approximate surface area is 135 Å². The van der Waals surface area contributed by atoms with Crippen LogP contribution in [0.4, 0.5) is 5.69 Å². The number of hydrogen-bond donors (Lipinski definition) is 1. The first kappa shape index (κ1) is 14.2. The molecule has 1 aliphatic rings. The molecule has 7 heteroatoms. The van der Waals surface area contributed by atoms with E-state index in [1.54, 1.807) is 22.9 Å². The fraction of sp³-hybridized carbons (Fsp3) is 0.286. The van der Waals surface area contributed by atoms with Crippen LogP contribution in [0.5, 0.6) is 11.5 Å². The molecule has 0 bridgehead atoms. The highest BCUT2D eigenvalue weighted by atomic mass is 127. The van der Waals surface area contributed by atoms with Gasteiger partial charge in [-0.2, -0.15) is 5.10 Å². The Kier molecular flexibility index (Phi) is 3.75. The summed E-state index contributed by atoms with van der Waals surface area (Å²) in [6.45, 7) is 4.29. The molecule has 110 valence electrons. The molecule has 2 heterocycles. The summed E-state index contributed by atoms with van der Waals surface area (Å²) in [5.41, 5.74) is 2.61. The Balaban J connectivity index is 1.70. The van der Waals surface area contributed by atoms with Gasteiger partial charge in [-0.3, -0.25) is 9.48 Å². The number of benzene rings is 1. The lowest BCUT2D eigenvalue weighted by atomic mass is 10.3. The largest absolute Gasteiger partial charge is 0.454 e. The number of rotatable bonds is 3. The molecule has 0 unspecified atom stereocenters. The zero-order chi connectivity index (χ0) is 15.0. The van der Waals surface area contributed by atoms with E-state index in [1.165, 1.54) is 0 Å². The fourth-order valence-corrected chi connectivity index (χ4v) is 2.53. The van der Waals surface area contributed by atoms with Crippen molar-refractivity contribution in [1.29, 1.82) is 0 Å². The first-order chi connectivity index (χ1) is 10.0. The number of nitrogens with one attached hydrogen (secondary N) is 1. The molecule has 0 saturated carbocycles. The number of nitrogens with zero attached hydrogens (tertiary/aromatic N) is 2. The molecule has 1 amide bonds. The zero-order valence-corrected chi connectivity index (χ0v) is 13.8. The van der Waals surface area contributed by atoms with E-state index in [0.29, 0.717) is 17.2 Å². The molecule has 1 aliphatic heterocycles. The molecule has 1 N–H and O–H groups in total. The van der Waals surface area contributed by atoms with Gasteiger partial charge in [0.25, 0.3) is 0 Å². The standard InChI is InChI=1S/C14H14IN3O3/c1-8-14(15)9(2)18(17-8)6-13(19)16-10-3-4-11-12(5-10)21-7-20-11/h3-5H,6-7H2,1-2H3,(H,16,19). The maximum absolute atomic E-state index is 12.1. The molecule has 0 spiro atoms. The van der Waals surface area contributed by atoms with Gasteiger partial charge in [0.1, 0.15) is 6.54 Å². The number of aromatic nitrogens is 2. The highest BCUT2D eigenvalue weighted by Crippen LogP contribution is 2.34. The molecule has 2 aromatic rings. The number of fused-ring (bicyclic) bond motifs is 1. The monoisotopic (exact) mass is 399 g/mol. The summed E-state index contributed by atoms with van der Waals surface area (Å²) in [7, 11) is 0. The van der Waals surface area contributed by atoms with Gasteiger partial charge in [-0.1, -0.05) is 0 Å². The van der Waals surface area contributed by atoms with Gasteiger partial charge < -0.3 is 14.8 Å². The molecular formula is C14H14IN3O3. The average molecular weight is 399 g/mol. The highest BCUT2D eigenvalue weighted by molar-refractivity contribution is 14.1. The van der Waals surface area contributed by atoms with Crippen LogP contribution in [0.15, 0.2) is 18.2 Å². The summed E-state index contributed by atoms with van der Waals surface area (Å²) in [6.07, 6.45) is 0.